The highest BCUT2D eigenvalue weighted by Gasteiger charge is 2.10. The van der Waals surface area contributed by atoms with Crippen LogP contribution in [0.25, 0.3) is 0 Å². The van der Waals surface area contributed by atoms with Gasteiger partial charge >= 0.3 is 0 Å². The zero-order valence-corrected chi connectivity index (χ0v) is 13.9. The number of hydrogen-bond donors (Lipinski definition) is 2. The maximum Gasteiger partial charge on any atom is 0.270 e. The van der Waals surface area contributed by atoms with E-state index in [0.29, 0.717) is 23.2 Å². The molecule has 0 spiro atoms. The van der Waals surface area contributed by atoms with E-state index in [1.807, 2.05) is 36.4 Å². The third-order valence-corrected chi connectivity index (χ3v) is 4.17. The molecule has 2 aromatic heterocycles. The Morgan fingerprint density at radius 2 is 1.92 bits per heavy atom. The zero-order chi connectivity index (χ0) is 16.6. The Morgan fingerprint density at radius 3 is 2.71 bits per heavy atom. The van der Waals surface area contributed by atoms with Gasteiger partial charge < -0.3 is 10.6 Å². The molecule has 0 fully saturated rings. The van der Waals surface area contributed by atoms with E-state index in [9.17, 15) is 4.79 Å². The fourth-order valence-electron chi connectivity index (χ4n) is 2.21. The number of nitrogens with zero attached hydrogens (tertiary/aromatic N) is 2. The lowest BCUT2D eigenvalue weighted by molar-refractivity contribution is 0.0949. The van der Waals surface area contributed by atoms with Gasteiger partial charge in [0.05, 0.1) is 0 Å². The summed E-state index contributed by atoms with van der Waals surface area (Å²) >= 11 is 1.39. The number of nitrogens with one attached hydrogen (secondary N) is 2. The van der Waals surface area contributed by atoms with Crippen molar-refractivity contribution in [3.63, 3.8) is 0 Å². The minimum absolute atomic E-state index is 0.145. The summed E-state index contributed by atoms with van der Waals surface area (Å²) in [5, 5.41) is 8.40. The van der Waals surface area contributed by atoms with Crippen LogP contribution >= 0.6 is 11.3 Å². The van der Waals surface area contributed by atoms with Gasteiger partial charge in [-0.25, -0.2) is 9.97 Å². The van der Waals surface area contributed by atoms with Crippen molar-refractivity contribution in [3.05, 3.63) is 71.4 Å². The first-order valence-corrected chi connectivity index (χ1v) is 8.65. The van der Waals surface area contributed by atoms with Crippen molar-refractivity contribution in [2.75, 3.05) is 11.9 Å². The Balaban J connectivity index is 1.45. The quantitative estimate of drug-likeness (QED) is 0.645. The molecule has 24 heavy (non-hydrogen) atoms. The van der Waals surface area contributed by atoms with Gasteiger partial charge in [0.15, 0.2) is 5.13 Å². The summed E-state index contributed by atoms with van der Waals surface area (Å²) < 4.78 is 0. The molecule has 0 aliphatic heterocycles. The average Bonchev–Trinajstić information content (AvgIpc) is 3.09. The van der Waals surface area contributed by atoms with Crippen molar-refractivity contribution < 1.29 is 4.79 Å². The molecule has 122 valence electrons. The van der Waals surface area contributed by atoms with Crippen LogP contribution in [-0.2, 0) is 6.42 Å². The average molecular weight is 338 g/mol. The van der Waals surface area contributed by atoms with Crippen LogP contribution in [0.4, 0.5) is 10.9 Å². The first-order valence-electron chi connectivity index (χ1n) is 7.77. The lowest BCUT2D eigenvalue weighted by Gasteiger charge is -2.03. The van der Waals surface area contributed by atoms with E-state index in [2.05, 4.69) is 32.7 Å². The number of rotatable bonds is 7. The molecule has 5 nitrogen and oxygen atoms in total. The smallest absolute Gasteiger partial charge is 0.270 e. The third-order valence-electron chi connectivity index (χ3n) is 3.41. The largest absolute Gasteiger partial charge is 0.351 e. The number of anilines is 2. The molecule has 2 heterocycles. The predicted octanol–water partition coefficient (Wildman–Crippen LogP) is 3.64. The number of carbonyl (C=O) groups is 1. The lowest BCUT2D eigenvalue weighted by Crippen LogP contribution is -2.25. The van der Waals surface area contributed by atoms with Gasteiger partial charge in [-0.2, -0.15) is 0 Å². The van der Waals surface area contributed by atoms with Gasteiger partial charge in [-0.1, -0.05) is 36.4 Å². The van der Waals surface area contributed by atoms with E-state index in [4.69, 9.17) is 0 Å². The Hall–Kier alpha value is -2.73. The molecule has 0 aliphatic carbocycles. The number of amides is 1. The van der Waals surface area contributed by atoms with E-state index in [1.165, 1.54) is 16.9 Å². The molecule has 3 rings (SSSR count). The number of aromatic nitrogens is 2. The molecular formula is C18H18N4OS. The van der Waals surface area contributed by atoms with Crippen molar-refractivity contribution in [1.29, 1.82) is 0 Å². The second-order valence-corrected chi connectivity index (χ2v) is 6.08. The number of hydrogen-bond acceptors (Lipinski definition) is 5. The summed E-state index contributed by atoms with van der Waals surface area (Å²) in [5.41, 5.74) is 1.71. The highest BCUT2D eigenvalue weighted by atomic mass is 32.1. The number of thiazole rings is 1. The maximum atomic E-state index is 12.1. The third kappa shape index (κ3) is 4.63. The van der Waals surface area contributed by atoms with Crippen molar-refractivity contribution in [1.82, 2.24) is 15.3 Å². The van der Waals surface area contributed by atoms with Gasteiger partial charge in [-0.3, -0.25) is 4.79 Å². The van der Waals surface area contributed by atoms with Gasteiger partial charge in [0.1, 0.15) is 11.5 Å². The molecule has 3 aromatic rings. The lowest BCUT2D eigenvalue weighted by atomic mass is 10.1. The zero-order valence-electron chi connectivity index (χ0n) is 13.1. The molecule has 0 saturated carbocycles. The number of carbonyl (C=O) groups excluding carboxylic acids is 1. The second kappa shape index (κ2) is 8.21. The van der Waals surface area contributed by atoms with Gasteiger partial charge in [0, 0.05) is 18.1 Å². The summed E-state index contributed by atoms with van der Waals surface area (Å²) in [6, 6.07) is 15.8. The molecule has 0 aliphatic rings. The first kappa shape index (κ1) is 16.1. The second-order valence-electron chi connectivity index (χ2n) is 5.22. The number of benzene rings is 1. The molecule has 0 atom stereocenters. The number of aryl methyl sites for hydroxylation is 1. The van der Waals surface area contributed by atoms with Gasteiger partial charge in [0.2, 0.25) is 0 Å². The van der Waals surface area contributed by atoms with E-state index in [1.54, 1.807) is 11.6 Å². The molecule has 0 radical (unpaired) electrons. The Labute approximate surface area is 144 Å². The first-order chi connectivity index (χ1) is 11.8. The van der Waals surface area contributed by atoms with Crippen molar-refractivity contribution >= 4 is 28.2 Å². The van der Waals surface area contributed by atoms with E-state index in [0.717, 1.165) is 12.8 Å². The van der Waals surface area contributed by atoms with Crippen LogP contribution in [-0.4, -0.2) is 22.4 Å². The molecular weight excluding hydrogens is 320 g/mol. The van der Waals surface area contributed by atoms with Crippen LogP contribution in [0, 0.1) is 0 Å². The molecule has 1 amide bonds. The molecule has 1 aromatic carbocycles. The van der Waals surface area contributed by atoms with Crippen molar-refractivity contribution in [2.45, 2.75) is 12.8 Å². The molecule has 0 bridgehead atoms. The molecule has 2 N–H and O–H groups in total. The Kier molecular flexibility index (Phi) is 5.52. The van der Waals surface area contributed by atoms with Crippen LogP contribution < -0.4 is 10.6 Å². The minimum Gasteiger partial charge on any atom is -0.351 e. The van der Waals surface area contributed by atoms with Crippen LogP contribution in [0.15, 0.2) is 60.1 Å². The highest BCUT2D eigenvalue weighted by Crippen LogP contribution is 2.19. The van der Waals surface area contributed by atoms with Crippen LogP contribution in [0.1, 0.15) is 22.5 Å². The monoisotopic (exact) mass is 338 g/mol. The maximum absolute atomic E-state index is 12.1. The Morgan fingerprint density at radius 1 is 1.08 bits per heavy atom. The van der Waals surface area contributed by atoms with E-state index < -0.39 is 0 Å². The predicted molar refractivity (Wildman–Crippen MR) is 96.7 cm³/mol. The summed E-state index contributed by atoms with van der Waals surface area (Å²) in [4.78, 5) is 20.6. The van der Waals surface area contributed by atoms with E-state index >= 15 is 0 Å². The van der Waals surface area contributed by atoms with Crippen molar-refractivity contribution in [2.24, 2.45) is 0 Å². The summed E-state index contributed by atoms with van der Waals surface area (Å²) in [5.74, 6) is 0.565. The fourth-order valence-corrected chi connectivity index (χ4v) is 2.91. The van der Waals surface area contributed by atoms with Crippen LogP contribution in [0.3, 0.4) is 0 Å². The molecule has 0 saturated heterocycles. The summed E-state index contributed by atoms with van der Waals surface area (Å²) in [6.45, 7) is 0.633. The van der Waals surface area contributed by atoms with Crippen molar-refractivity contribution in [3.8, 4) is 0 Å². The SMILES string of the molecule is O=C(NCCCc1ccccc1)c1csc(Nc2ccccn2)n1. The van der Waals surface area contributed by atoms with Crippen LogP contribution in [0.2, 0.25) is 0 Å². The highest BCUT2D eigenvalue weighted by molar-refractivity contribution is 7.14. The van der Waals surface area contributed by atoms with Crippen LogP contribution in [0.5, 0.6) is 0 Å². The molecule has 6 heteroatoms. The summed E-state index contributed by atoms with van der Waals surface area (Å²) in [6.07, 6.45) is 3.56. The van der Waals surface area contributed by atoms with Gasteiger partial charge in [-0.15, -0.1) is 11.3 Å². The normalized spacial score (nSPS) is 10.3. The fraction of sp³-hybridized carbons (Fsp3) is 0.167. The van der Waals surface area contributed by atoms with Gasteiger partial charge in [-0.05, 0) is 30.5 Å². The standard InChI is InChI=1S/C18H18N4OS/c23-17(20-12-6-9-14-7-2-1-3-8-14)15-13-24-18(21-15)22-16-10-4-5-11-19-16/h1-5,7-8,10-11,13H,6,9,12H2,(H,20,23)(H,19,21,22). The van der Waals surface area contributed by atoms with E-state index in [-0.39, 0.29) is 5.91 Å². The Bertz CT molecular complexity index is 774. The number of pyridine rings is 1. The van der Waals surface area contributed by atoms with Gasteiger partial charge in [0.25, 0.3) is 5.91 Å². The molecule has 0 unspecified atom stereocenters. The topological polar surface area (TPSA) is 66.9 Å². The minimum atomic E-state index is -0.145. The summed E-state index contributed by atoms with van der Waals surface area (Å²) in [7, 11) is 0.